The molecule has 1 aliphatic rings. The first-order chi connectivity index (χ1) is 15.8. The first-order valence-electron chi connectivity index (χ1n) is 9.83. The zero-order valence-corrected chi connectivity index (χ0v) is 19.5. The van der Waals surface area contributed by atoms with Crippen LogP contribution in [0.3, 0.4) is 0 Å². The number of benzene rings is 2. The van der Waals surface area contributed by atoms with Gasteiger partial charge in [-0.3, -0.25) is 9.52 Å². The highest BCUT2D eigenvalue weighted by Gasteiger charge is 2.26. The number of sulfonamides is 1. The molecule has 0 saturated carbocycles. The van der Waals surface area contributed by atoms with Gasteiger partial charge >= 0.3 is 0 Å². The number of anilines is 1. The number of morpholine rings is 1. The van der Waals surface area contributed by atoms with Gasteiger partial charge in [0.25, 0.3) is 15.9 Å². The number of nitrogens with zero attached hydrogens (tertiary/aromatic N) is 2. The number of thiazole rings is 1. The Morgan fingerprint density at radius 1 is 1.30 bits per heavy atom. The summed E-state index contributed by atoms with van der Waals surface area (Å²) in [4.78, 5) is 18.5. The van der Waals surface area contributed by atoms with E-state index in [2.05, 4.69) is 9.71 Å². The third-order valence-electron chi connectivity index (χ3n) is 4.81. The van der Waals surface area contributed by atoms with Gasteiger partial charge in [-0.1, -0.05) is 11.6 Å². The molecular formula is C21H19ClFN3O5S2. The molecule has 2 heterocycles. The molecule has 2 aromatic carbocycles. The lowest BCUT2D eigenvalue weighted by atomic mass is 10.1. The van der Waals surface area contributed by atoms with E-state index in [-0.39, 0.29) is 34.1 Å². The van der Waals surface area contributed by atoms with E-state index in [4.69, 9.17) is 21.1 Å². The minimum absolute atomic E-state index is 0.0266. The predicted octanol–water partition coefficient (Wildman–Crippen LogP) is 3.66. The number of aromatic nitrogens is 1. The number of ether oxygens (including phenoxy) is 2. The third kappa shape index (κ3) is 5.80. The van der Waals surface area contributed by atoms with Gasteiger partial charge in [0.1, 0.15) is 24.3 Å². The van der Waals surface area contributed by atoms with Crippen molar-refractivity contribution >= 4 is 44.0 Å². The Labute approximate surface area is 199 Å². The van der Waals surface area contributed by atoms with Crippen molar-refractivity contribution in [3.63, 3.8) is 0 Å². The highest BCUT2D eigenvalue weighted by atomic mass is 35.5. The lowest BCUT2D eigenvalue weighted by Gasteiger charge is -2.33. The van der Waals surface area contributed by atoms with E-state index >= 15 is 0 Å². The molecule has 33 heavy (non-hydrogen) atoms. The highest BCUT2D eigenvalue weighted by Crippen LogP contribution is 2.25. The summed E-state index contributed by atoms with van der Waals surface area (Å²) in [5.74, 6) is -0.385. The fraction of sp³-hybridized carbons (Fsp3) is 0.238. The molecule has 1 atom stereocenters. The maximum atomic E-state index is 13.2. The summed E-state index contributed by atoms with van der Waals surface area (Å²) in [5.41, 5.74) is 0.353. The molecule has 0 aliphatic carbocycles. The van der Waals surface area contributed by atoms with Gasteiger partial charge in [-0.25, -0.2) is 17.8 Å². The summed E-state index contributed by atoms with van der Waals surface area (Å²) in [6.45, 7) is 1.12. The molecule has 0 spiro atoms. The van der Waals surface area contributed by atoms with Crippen molar-refractivity contribution in [2.75, 3.05) is 31.0 Å². The van der Waals surface area contributed by atoms with Crippen LogP contribution in [0.15, 0.2) is 58.9 Å². The standard InChI is InChI=1S/C21H19ClFN3O5S2/c22-18-11-15(23)3-6-19(18)31-13-16-12-26(8-9-30-16)20(27)14-1-4-17(5-2-14)33(28,29)25-21-24-7-10-32-21/h1-7,10-11,16H,8-9,12-13H2,(H,24,25). The Morgan fingerprint density at radius 2 is 2.09 bits per heavy atom. The van der Waals surface area contributed by atoms with Crippen LogP contribution < -0.4 is 9.46 Å². The van der Waals surface area contributed by atoms with Crippen LogP contribution in [0.25, 0.3) is 0 Å². The summed E-state index contributed by atoms with van der Waals surface area (Å²) >= 11 is 7.14. The summed E-state index contributed by atoms with van der Waals surface area (Å²) in [5, 5.41) is 2.07. The first-order valence-corrected chi connectivity index (χ1v) is 12.6. The van der Waals surface area contributed by atoms with Gasteiger partial charge in [-0.2, -0.15) is 0 Å². The SMILES string of the molecule is O=C(c1ccc(S(=O)(=O)Nc2nccs2)cc1)N1CCOC(COc2ccc(F)cc2Cl)C1. The minimum atomic E-state index is -3.80. The van der Waals surface area contributed by atoms with Crippen molar-refractivity contribution in [2.24, 2.45) is 0 Å². The van der Waals surface area contributed by atoms with Gasteiger partial charge in [0.2, 0.25) is 0 Å². The van der Waals surface area contributed by atoms with E-state index in [1.807, 2.05) is 0 Å². The van der Waals surface area contributed by atoms with Crippen LogP contribution in [0.2, 0.25) is 5.02 Å². The number of amides is 1. The monoisotopic (exact) mass is 511 g/mol. The van der Waals surface area contributed by atoms with Crippen LogP contribution in [-0.4, -0.2) is 56.6 Å². The molecule has 1 fully saturated rings. The van der Waals surface area contributed by atoms with Crippen LogP contribution in [0.4, 0.5) is 9.52 Å². The van der Waals surface area contributed by atoms with E-state index in [9.17, 15) is 17.6 Å². The van der Waals surface area contributed by atoms with Crippen molar-refractivity contribution in [1.82, 2.24) is 9.88 Å². The zero-order valence-electron chi connectivity index (χ0n) is 17.1. The molecule has 3 aromatic rings. The normalized spacial score (nSPS) is 16.4. The molecule has 1 amide bonds. The average molecular weight is 512 g/mol. The molecular weight excluding hydrogens is 493 g/mol. The molecule has 1 aromatic heterocycles. The lowest BCUT2D eigenvalue weighted by Crippen LogP contribution is -2.47. The number of halogens is 2. The smallest absolute Gasteiger partial charge is 0.263 e. The largest absolute Gasteiger partial charge is 0.489 e. The number of carbonyl (C=O) groups excluding carboxylic acids is 1. The third-order valence-corrected chi connectivity index (χ3v) is 7.28. The highest BCUT2D eigenvalue weighted by molar-refractivity contribution is 7.93. The molecule has 4 rings (SSSR count). The van der Waals surface area contributed by atoms with Gasteiger partial charge in [-0.05, 0) is 42.5 Å². The van der Waals surface area contributed by atoms with Gasteiger partial charge < -0.3 is 14.4 Å². The van der Waals surface area contributed by atoms with Crippen molar-refractivity contribution in [2.45, 2.75) is 11.0 Å². The van der Waals surface area contributed by atoms with Crippen molar-refractivity contribution < 1.29 is 27.1 Å². The number of hydrogen-bond donors (Lipinski definition) is 1. The Balaban J connectivity index is 1.37. The Bertz CT molecular complexity index is 1220. The minimum Gasteiger partial charge on any atom is -0.489 e. The molecule has 174 valence electrons. The van der Waals surface area contributed by atoms with Crippen LogP contribution in [-0.2, 0) is 14.8 Å². The molecule has 1 unspecified atom stereocenters. The second-order valence-electron chi connectivity index (χ2n) is 7.10. The van der Waals surface area contributed by atoms with Crippen LogP contribution in [0.1, 0.15) is 10.4 Å². The molecule has 8 nitrogen and oxygen atoms in total. The molecule has 1 aliphatic heterocycles. The molecule has 0 radical (unpaired) electrons. The van der Waals surface area contributed by atoms with Gasteiger partial charge in [-0.15, -0.1) is 11.3 Å². The second-order valence-corrected chi connectivity index (χ2v) is 10.1. The van der Waals surface area contributed by atoms with E-state index in [0.29, 0.717) is 24.5 Å². The van der Waals surface area contributed by atoms with Gasteiger partial charge in [0.15, 0.2) is 5.13 Å². The van der Waals surface area contributed by atoms with Crippen molar-refractivity contribution in [3.05, 3.63) is 70.4 Å². The van der Waals surface area contributed by atoms with E-state index in [1.54, 1.807) is 10.3 Å². The predicted molar refractivity (Wildman–Crippen MR) is 122 cm³/mol. The van der Waals surface area contributed by atoms with Gasteiger partial charge in [0.05, 0.1) is 23.1 Å². The van der Waals surface area contributed by atoms with Crippen molar-refractivity contribution in [3.8, 4) is 5.75 Å². The maximum Gasteiger partial charge on any atom is 0.263 e. The Kier molecular flexibility index (Phi) is 7.13. The van der Waals surface area contributed by atoms with Crippen LogP contribution >= 0.6 is 22.9 Å². The Morgan fingerprint density at radius 3 is 2.79 bits per heavy atom. The van der Waals surface area contributed by atoms with E-state index < -0.39 is 21.9 Å². The molecule has 1 N–H and O–H groups in total. The molecule has 1 saturated heterocycles. The zero-order chi connectivity index (χ0) is 23.4. The lowest BCUT2D eigenvalue weighted by molar-refractivity contribution is -0.0401. The van der Waals surface area contributed by atoms with Crippen molar-refractivity contribution in [1.29, 1.82) is 0 Å². The fourth-order valence-corrected chi connectivity index (χ4v) is 5.20. The number of hydrogen-bond acceptors (Lipinski definition) is 7. The second kappa shape index (κ2) is 10.0. The van der Waals surface area contributed by atoms with Crippen LogP contribution in [0, 0.1) is 5.82 Å². The van der Waals surface area contributed by atoms with Gasteiger partial charge in [0, 0.05) is 23.7 Å². The quantitative estimate of drug-likeness (QED) is 0.520. The first kappa shape index (κ1) is 23.4. The number of carbonyl (C=O) groups is 1. The summed E-state index contributed by atoms with van der Waals surface area (Å²) in [6, 6.07) is 9.53. The van der Waals surface area contributed by atoms with E-state index in [1.165, 1.54) is 53.9 Å². The summed E-state index contributed by atoms with van der Waals surface area (Å²) < 4.78 is 51.8. The number of nitrogens with one attached hydrogen (secondary N) is 1. The van der Waals surface area contributed by atoms with Crippen LogP contribution in [0.5, 0.6) is 5.75 Å². The maximum absolute atomic E-state index is 13.2. The molecule has 0 bridgehead atoms. The Hall–Kier alpha value is -2.73. The van der Waals surface area contributed by atoms with E-state index in [0.717, 1.165) is 6.07 Å². The summed E-state index contributed by atoms with van der Waals surface area (Å²) in [7, 11) is -3.80. The summed E-state index contributed by atoms with van der Waals surface area (Å²) in [6.07, 6.45) is 1.10. The molecule has 12 heteroatoms. The fourth-order valence-electron chi connectivity index (χ4n) is 3.19. The average Bonchev–Trinajstić information content (AvgIpc) is 3.30. The topological polar surface area (TPSA) is 97.8 Å². The number of rotatable bonds is 7.